The molecule has 96 valence electrons. The number of hydrogen-bond acceptors (Lipinski definition) is 4. The molecule has 0 amide bonds. The molecule has 0 bridgehead atoms. The quantitative estimate of drug-likeness (QED) is 0.810. The molecule has 0 N–H and O–H groups in total. The largest absolute Gasteiger partial charge is 0.364 e. The molecule has 4 nitrogen and oxygen atoms in total. The molecule has 0 aromatic heterocycles. The molecule has 1 aliphatic carbocycles. The number of rotatable bonds is 3. The van der Waals surface area contributed by atoms with Gasteiger partial charge in [-0.3, -0.25) is 4.90 Å². The van der Waals surface area contributed by atoms with Gasteiger partial charge in [0.15, 0.2) is 0 Å². The normalized spacial score (nSPS) is 21.8. The highest BCUT2D eigenvalue weighted by Gasteiger charge is 2.32. The van der Waals surface area contributed by atoms with Crippen LogP contribution < -0.4 is 0 Å². The van der Waals surface area contributed by atoms with Crippen LogP contribution in [0.15, 0.2) is 30.3 Å². The number of piperazine rings is 1. The lowest BCUT2D eigenvalue weighted by Gasteiger charge is -2.33. The third kappa shape index (κ3) is 2.71. The van der Waals surface area contributed by atoms with E-state index in [0.717, 1.165) is 32.2 Å². The Balaban J connectivity index is 1.50. The molecule has 0 unspecified atom stereocenters. The Morgan fingerprint density at radius 1 is 1.06 bits per heavy atom. The number of hydrogen-bond donors (Lipinski definition) is 0. The van der Waals surface area contributed by atoms with Crippen LogP contribution in [-0.4, -0.2) is 48.2 Å². The topological polar surface area (TPSA) is 32.8 Å². The molecule has 3 rings (SSSR count). The summed E-state index contributed by atoms with van der Waals surface area (Å²) < 4.78 is 0. The first-order chi connectivity index (χ1) is 8.83. The molecular weight excluding hydrogens is 228 g/mol. The van der Waals surface area contributed by atoms with Crippen molar-refractivity contribution in [3.63, 3.8) is 0 Å². The van der Waals surface area contributed by atoms with Crippen molar-refractivity contribution in [2.24, 2.45) is 0 Å². The second-order valence-corrected chi connectivity index (χ2v) is 4.94. The first-order valence-corrected chi connectivity index (χ1v) is 6.59. The number of benzene rings is 1. The summed E-state index contributed by atoms with van der Waals surface area (Å²) in [5, 5.41) is 1.79. The summed E-state index contributed by atoms with van der Waals surface area (Å²) in [7, 11) is 0. The lowest BCUT2D eigenvalue weighted by Crippen LogP contribution is -2.47. The smallest absolute Gasteiger partial charge is 0.357 e. The van der Waals surface area contributed by atoms with Gasteiger partial charge in [0, 0.05) is 32.2 Å². The van der Waals surface area contributed by atoms with E-state index < -0.39 is 0 Å². The summed E-state index contributed by atoms with van der Waals surface area (Å²) in [6, 6.07) is 9.96. The Morgan fingerprint density at radius 3 is 2.33 bits per heavy atom. The van der Waals surface area contributed by atoms with E-state index >= 15 is 0 Å². The summed E-state index contributed by atoms with van der Waals surface area (Å²) in [4.78, 5) is 19.7. The van der Waals surface area contributed by atoms with E-state index in [4.69, 9.17) is 4.84 Å². The van der Waals surface area contributed by atoms with E-state index in [0.29, 0.717) is 5.56 Å². The third-order valence-corrected chi connectivity index (χ3v) is 3.56. The van der Waals surface area contributed by atoms with E-state index in [-0.39, 0.29) is 5.97 Å². The maximum absolute atomic E-state index is 11.9. The molecule has 4 heteroatoms. The summed E-state index contributed by atoms with van der Waals surface area (Å²) in [6.07, 6.45) is 2.67. The van der Waals surface area contributed by atoms with Crippen LogP contribution in [0.5, 0.6) is 0 Å². The monoisotopic (exact) mass is 246 g/mol. The van der Waals surface area contributed by atoms with Gasteiger partial charge in [-0.05, 0) is 25.0 Å². The molecule has 0 spiro atoms. The molecule has 1 saturated heterocycles. The maximum atomic E-state index is 11.9. The predicted octanol–water partition coefficient (Wildman–Crippen LogP) is 1.54. The van der Waals surface area contributed by atoms with Crippen LogP contribution in [0, 0.1) is 0 Å². The molecule has 1 heterocycles. The molecule has 1 aromatic rings. The van der Waals surface area contributed by atoms with Crippen molar-refractivity contribution in [1.29, 1.82) is 0 Å². The van der Waals surface area contributed by atoms with Gasteiger partial charge in [-0.25, -0.2) is 4.79 Å². The van der Waals surface area contributed by atoms with Crippen LogP contribution in [-0.2, 0) is 4.84 Å². The van der Waals surface area contributed by atoms with Gasteiger partial charge in [0.05, 0.1) is 5.56 Å². The van der Waals surface area contributed by atoms with Crippen LogP contribution in [0.4, 0.5) is 0 Å². The van der Waals surface area contributed by atoms with E-state index in [1.807, 2.05) is 18.2 Å². The Kier molecular flexibility index (Phi) is 3.30. The summed E-state index contributed by atoms with van der Waals surface area (Å²) >= 11 is 0. The average Bonchev–Trinajstić information content (AvgIpc) is 3.25. The zero-order chi connectivity index (χ0) is 12.4. The fourth-order valence-electron chi connectivity index (χ4n) is 2.34. The first-order valence-electron chi connectivity index (χ1n) is 6.59. The van der Waals surface area contributed by atoms with E-state index in [2.05, 4.69) is 4.90 Å². The minimum absolute atomic E-state index is 0.254. The van der Waals surface area contributed by atoms with Crippen LogP contribution in [0.2, 0.25) is 0 Å². The second-order valence-electron chi connectivity index (χ2n) is 4.94. The SMILES string of the molecule is O=C(ON1CCN(C2CC2)CC1)c1ccccc1. The predicted molar refractivity (Wildman–Crippen MR) is 68.0 cm³/mol. The minimum atomic E-state index is -0.254. The molecule has 18 heavy (non-hydrogen) atoms. The van der Waals surface area contributed by atoms with Gasteiger partial charge >= 0.3 is 5.97 Å². The van der Waals surface area contributed by atoms with Crippen molar-refractivity contribution in [1.82, 2.24) is 9.96 Å². The number of carbonyl (C=O) groups excluding carboxylic acids is 1. The van der Waals surface area contributed by atoms with Crippen molar-refractivity contribution < 1.29 is 9.63 Å². The Bertz CT molecular complexity index is 409. The van der Waals surface area contributed by atoms with Crippen molar-refractivity contribution in [3.05, 3.63) is 35.9 Å². The van der Waals surface area contributed by atoms with E-state index in [1.54, 1.807) is 17.2 Å². The molecule has 2 aliphatic rings. The van der Waals surface area contributed by atoms with Gasteiger partial charge in [-0.2, -0.15) is 0 Å². The number of carbonyl (C=O) groups is 1. The second kappa shape index (κ2) is 5.08. The van der Waals surface area contributed by atoms with Gasteiger partial charge < -0.3 is 4.84 Å². The average molecular weight is 246 g/mol. The fourth-order valence-corrected chi connectivity index (χ4v) is 2.34. The van der Waals surface area contributed by atoms with Gasteiger partial charge in [-0.15, -0.1) is 5.06 Å². The van der Waals surface area contributed by atoms with Crippen molar-refractivity contribution >= 4 is 5.97 Å². The van der Waals surface area contributed by atoms with E-state index in [1.165, 1.54) is 12.8 Å². The van der Waals surface area contributed by atoms with Crippen LogP contribution in [0.3, 0.4) is 0 Å². The molecule has 2 fully saturated rings. The van der Waals surface area contributed by atoms with Crippen molar-refractivity contribution in [2.75, 3.05) is 26.2 Å². The first kappa shape index (κ1) is 11.7. The van der Waals surface area contributed by atoms with Crippen molar-refractivity contribution in [3.8, 4) is 0 Å². The standard InChI is InChI=1S/C14H18N2O2/c17-14(12-4-2-1-3-5-12)18-16-10-8-15(9-11-16)13-6-7-13/h1-5,13H,6-11H2. The minimum Gasteiger partial charge on any atom is -0.364 e. The van der Waals surface area contributed by atoms with Crippen LogP contribution >= 0.6 is 0 Å². The van der Waals surface area contributed by atoms with Gasteiger partial charge in [-0.1, -0.05) is 18.2 Å². The molecule has 0 atom stereocenters. The molecule has 1 aliphatic heterocycles. The molecule has 1 saturated carbocycles. The highest BCUT2D eigenvalue weighted by atomic mass is 16.7. The van der Waals surface area contributed by atoms with Crippen LogP contribution in [0.25, 0.3) is 0 Å². The lowest BCUT2D eigenvalue weighted by molar-refractivity contribution is -0.130. The van der Waals surface area contributed by atoms with Crippen LogP contribution in [0.1, 0.15) is 23.2 Å². The van der Waals surface area contributed by atoms with E-state index in [9.17, 15) is 4.79 Å². The fraction of sp³-hybridized carbons (Fsp3) is 0.500. The Hall–Kier alpha value is -1.39. The van der Waals surface area contributed by atoms with Gasteiger partial charge in [0.2, 0.25) is 0 Å². The summed E-state index contributed by atoms with van der Waals surface area (Å²) in [5.74, 6) is -0.254. The summed E-state index contributed by atoms with van der Waals surface area (Å²) in [6.45, 7) is 3.64. The molecular formula is C14H18N2O2. The maximum Gasteiger partial charge on any atom is 0.357 e. The van der Waals surface area contributed by atoms with Gasteiger partial charge in [0.1, 0.15) is 0 Å². The third-order valence-electron chi connectivity index (χ3n) is 3.56. The zero-order valence-corrected chi connectivity index (χ0v) is 10.4. The number of hydroxylamine groups is 2. The Labute approximate surface area is 107 Å². The van der Waals surface area contributed by atoms with Crippen molar-refractivity contribution in [2.45, 2.75) is 18.9 Å². The lowest BCUT2D eigenvalue weighted by atomic mass is 10.2. The number of nitrogens with zero attached hydrogens (tertiary/aromatic N) is 2. The zero-order valence-electron chi connectivity index (χ0n) is 10.4. The molecule has 1 aromatic carbocycles. The Morgan fingerprint density at radius 2 is 1.72 bits per heavy atom. The van der Waals surface area contributed by atoms with Gasteiger partial charge in [0.25, 0.3) is 0 Å². The molecule has 0 radical (unpaired) electrons. The highest BCUT2D eigenvalue weighted by molar-refractivity contribution is 5.89. The summed E-state index contributed by atoms with van der Waals surface area (Å²) in [5.41, 5.74) is 0.613. The highest BCUT2D eigenvalue weighted by Crippen LogP contribution is 2.27.